The van der Waals surface area contributed by atoms with E-state index in [2.05, 4.69) is 46.5 Å². The Morgan fingerprint density at radius 1 is 0.912 bits per heavy atom. The number of anilines is 1. The topological polar surface area (TPSA) is 75.2 Å². The molecule has 4 rings (SSSR count). The van der Waals surface area contributed by atoms with Gasteiger partial charge in [0.25, 0.3) is 5.91 Å². The van der Waals surface area contributed by atoms with Crippen molar-refractivity contribution in [3.63, 3.8) is 0 Å². The van der Waals surface area contributed by atoms with E-state index in [1.807, 2.05) is 40.6 Å². The molecule has 6 nitrogen and oxygen atoms in total. The third-order valence-corrected chi connectivity index (χ3v) is 6.20. The molecule has 4 aromatic rings. The Labute approximate surface area is 203 Å². The number of aryl methyl sites for hydroxylation is 1. The van der Waals surface area contributed by atoms with Crippen LogP contribution in [0.2, 0.25) is 0 Å². The van der Waals surface area contributed by atoms with E-state index in [4.69, 9.17) is 0 Å². The summed E-state index contributed by atoms with van der Waals surface area (Å²) in [5.74, 6) is -0.254. The number of aromatic nitrogens is 2. The molecule has 0 radical (unpaired) electrons. The van der Waals surface area contributed by atoms with Crippen LogP contribution in [0, 0.1) is 0 Å². The zero-order chi connectivity index (χ0) is 23.8. The first-order valence-electron chi connectivity index (χ1n) is 11.2. The van der Waals surface area contributed by atoms with Gasteiger partial charge in [0.2, 0.25) is 5.91 Å². The summed E-state index contributed by atoms with van der Waals surface area (Å²) in [7, 11) is 0. The van der Waals surface area contributed by atoms with Crippen LogP contribution in [0.4, 0.5) is 5.13 Å². The maximum absolute atomic E-state index is 13.3. The number of hydrogen-bond acceptors (Lipinski definition) is 5. The second-order valence-corrected chi connectivity index (χ2v) is 8.78. The van der Waals surface area contributed by atoms with Crippen molar-refractivity contribution in [1.82, 2.24) is 14.9 Å². The first-order chi connectivity index (χ1) is 16.6. The number of carbonyl (C=O) groups excluding carboxylic acids is 2. The molecule has 1 N–H and O–H groups in total. The van der Waals surface area contributed by atoms with Crippen LogP contribution in [0.15, 0.2) is 84.5 Å². The largest absolute Gasteiger partial charge is 0.334 e. The fraction of sp³-hybridized carbons (Fsp3) is 0.185. The fourth-order valence-electron chi connectivity index (χ4n) is 3.52. The highest BCUT2D eigenvalue weighted by Crippen LogP contribution is 2.19. The van der Waals surface area contributed by atoms with Crippen LogP contribution in [-0.4, -0.2) is 26.7 Å². The molecular weight excluding hydrogens is 444 g/mol. The lowest BCUT2D eigenvalue weighted by molar-refractivity contribution is -0.131. The molecule has 0 bridgehead atoms. The van der Waals surface area contributed by atoms with Crippen molar-refractivity contribution in [2.24, 2.45) is 0 Å². The number of pyridine rings is 1. The highest BCUT2D eigenvalue weighted by molar-refractivity contribution is 7.14. The van der Waals surface area contributed by atoms with Crippen LogP contribution >= 0.6 is 11.3 Å². The third-order valence-electron chi connectivity index (χ3n) is 5.39. The number of rotatable bonds is 9. The van der Waals surface area contributed by atoms with Crippen LogP contribution in [0.1, 0.15) is 39.7 Å². The van der Waals surface area contributed by atoms with Gasteiger partial charge in [-0.1, -0.05) is 55.5 Å². The lowest BCUT2D eigenvalue weighted by atomic mass is 10.1. The van der Waals surface area contributed by atoms with Gasteiger partial charge < -0.3 is 4.90 Å². The van der Waals surface area contributed by atoms with Crippen molar-refractivity contribution in [3.05, 3.63) is 112 Å². The Morgan fingerprint density at radius 3 is 2.35 bits per heavy atom. The van der Waals surface area contributed by atoms with Crippen molar-refractivity contribution in [1.29, 1.82) is 0 Å². The molecule has 2 aromatic carbocycles. The summed E-state index contributed by atoms with van der Waals surface area (Å²) in [5, 5.41) is 5.10. The zero-order valence-electron chi connectivity index (χ0n) is 19.0. The molecule has 172 valence electrons. The lowest BCUT2D eigenvalue weighted by Crippen LogP contribution is -2.31. The normalized spacial score (nSPS) is 10.6. The summed E-state index contributed by atoms with van der Waals surface area (Å²) in [6, 6.07) is 21.2. The molecule has 2 aromatic heterocycles. The average Bonchev–Trinajstić information content (AvgIpc) is 3.31. The van der Waals surface area contributed by atoms with Crippen molar-refractivity contribution in [2.75, 3.05) is 5.32 Å². The number of benzene rings is 2. The molecule has 0 spiro atoms. The second-order valence-electron chi connectivity index (χ2n) is 7.92. The van der Waals surface area contributed by atoms with E-state index in [1.54, 1.807) is 24.5 Å². The van der Waals surface area contributed by atoms with Crippen LogP contribution in [0.3, 0.4) is 0 Å². The Hall–Kier alpha value is -3.84. The molecule has 0 aliphatic carbocycles. The van der Waals surface area contributed by atoms with Gasteiger partial charge in [0, 0.05) is 36.4 Å². The van der Waals surface area contributed by atoms with E-state index in [9.17, 15) is 9.59 Å². The molecule has 0 aliphatic rings. The molecule has 0 saturated heterocycles. The standard InChI is InChI=1S/C27H26N4O2S/c1-2-20-10-12-21(13-11-20)17-31(18-22-7-6-14-28-16-22)25(32)15-24-19-34-27(29-24)30-26(33)23-8-4-3-5-9-23/h3-14,16,19H,2,15,17-18H2,1H3,(H,29,30,33). The molecule has 2 heterocycles. The van der Waals surface area contributed by atoms with Crippen molar-refractivity contribution in [3.8, 4) is 0 Å². The molecule has 0 unspecified atom stereocenters. The van der Waals surface area contributed by atoms with E-state index < -0.39 is 0 Å². The number of nitrogens with one attached hydrogen (secondary N) is 1. The van der Waals surface area contributed by atoms with Gasteiger partial charge in [-0.3, -0.25) is 19.9 Å². The minimum atomic E-state index is -0.221. The number of nitrogens with zero attached hydrogens (tertiary/aromatic N) is 3. The maximum Gasteiger partial charge on any atom is 0.257 e. The number of hydrogen-bond donors (Lipinski definition) is 1. The molecule has 0 atom stereocenters. The summed E-state index contributed by atoms with van der Waals surface area (Å²) in [4.78, 5) is 36.1. The summed E-state index contributed by atoms with van der Waals surface area (Å²) < 4.78 is 0. The smallest absolute Gasteiger partial charge is 0.257 e. The van der Waals surface area contributed by atoms with Crippen LogP contribution in [0.5, 0.6) is 0 Å². The summed E-state index contributed by atoms with van der Waals surface area (Å²) in [6.07, 6.45) is 4.64. The molecule has 34 heavy (non-hydrogen) atoms. The van der Waals surface area contributed by atoms with Crippen molar-refractivity contribution in [2.45, 2.75) is 32.9 Å². The summed E-state index contributed by atoms with van der Waals surface area (Å²) in [6.45, 7) is 3.08. The van der Waals surface area contributed by atoms with E-state index in [1.165, 1.54) is 16.9 Å². The highest BCUT2D eigenvalue weighted by atomic mass is 32.1. The first kappa shape index (κ1) is 23.3. The number of thiazole rings is 1. The molecule has 0 aliphatic heterocycles. The average molecular weight is 471 g/mol. The minimum Gasteiger partial charge on any atom is -0.334 e. The van der Waals surface area contributed by atoms with Gasteiger partial charge >= 0.3 is 0 Å². The van der Waals surface area contributed by atoms with Gasteiger partial charge in [-0.2, -0.15) is 0 Å². The van der Waals surface area contributed by atoms with Crippen LogP contribution < -0.4 is 5.32 Å². The quantitative estimate of drug-likeness (QED) is 0.368. The lowest BCUT2D eigenvalue weighted by Gasteiger charge is -2.23. The summed E-state index contributed by atoms with van der Waals surface area (Å²) in [5.41, 5.74) is 4.50. The van der Waals surface area contributed by atoms with Gasteiger partial charge in [0.15, 0.2) is 5.13 Å². The molecule has 0 fully saturated rings. The fourth-order valence-corrected chi connectivity index (χ4v) is 4.22. The monoisotopic (exact) mass is 470 g/mol. The predicted octanol–water partition coefficient (Wildman–Crippen LogP) is 5.12. The van der Waals surface area contributed by atoms with E-state index in [0.717, 1.165) is 17.5 Å². The molecule has 0 saturated carbocycles. The number of carbonyl (C=O) groups is 2. The van der Waals surface area contributed by atoms with Gasteiger partial charge in [-0.05, 0) is 41.3 Å². The SMILES string of the molecule is CCc1ccc(CN(Cc2cccnc2)C(=O)Cc2csc(NC(=O)c3ccccc3)n2)cc1. The Bertz CT molecular complexity index is 1220. The molecule has 2 amide bonds. The van der Waals surface area contributed by atoms with E-state index >= 15 is 0 Å². The van der Waals surface area contributed by atoms with Crippen molar-refractivity contribution < 1.29 is 9.59 Å². The predicted molar refractivity (Wildman–Crippen MR) is 135 cm³/mol. The maximum atomic E-state index is 13.3. The zero-order valence-corrected chi connectivity index (χ0v) is 19.8. The molecular formula is C27H26N4O2S. The van der Waals surface area contributed by atoms with Crippen molar-refractivity contribution >= 4 is 28.3 Å². The van der Waals surface area contributed by atoms with Gasteiger partial charge in [0.05, 0.1) is 12.1 Å². The van der Waals surface area contributed by atoms with Gasteiger partial charge in [-0.25, -0.2) is 4.98 Å². The van der Waals surface area contributed by atoms with Crippen LogP contribution in [-0.2, 0) is 30.7 Å². The summed E-state index contributed by atoms with van der Waals surface area (Å²) >= 11 is 1.31. The van der Waals surface area contributed by atoms with Crippen LogP contribution in [0.25, 0.3) is 0 Å². The van der Waals surface area contributed by atoms with Gasteiger partial charge in [-0.15, -0.1) is 11.3 Å². The van der Waals surface area contributed by atoms with E-state index in [0.29, 0.717) is 29.5 Å². The minimum absolute atomic E-state index is 0.0327. The second kappa shape index (κ2) is 11.3. The van der Waals surface area contributed by atoms with E-state index in [-0.39, 0.29) is 18.2 Å². The Morgan fingerprint density at radius 2 is 1.65 bits per heavy atom. The third kappa shape index (κ3) is 6.36. The Balaban J connectivity index is 1.44. The number of amides is 2. The first-order valence-corrected chi connectivity index (χ1v) is 12.0. The Kier molecular flexibility index (Phi) is 7.78. The highest BCUT2D eigenvalue weighted by Gasteiger charge is 2.18. The molecule has 7 heteroatoms. The van der Waals surface area contributed by atoms with Gasteiger partial charge in [0.1, 0.15) is 0 Å².